The largest absolute Gasteiger partial charge is 0.477 e. The van der Waals surface area contributed by atoms with Gasteiger partial charge in [0, 0.05) is 50.5 Å². The number of fused-ring (bicyclic) bond motifs is 1. The SMILES string of the molecule is COC1(F)Cc2c(n(C3CC3)cc(C(=O)O)c2=O)C=C1N1CCC(N)C(C)(C)C1.CS(=O)(=O)O. The van der Waals surface area contributed by atoms with Gasteiger partial charge in [0.25, 0.3) is 16.0 Å². The third kappa shape index (κ3) is 5.51. The number of rotatable bonds is 4. The van der Waals surface area contributed by atoms with E-state index in [0.29, 0.717) is 30.7 Å². The molecule has 4 N–H and O–H groups in total. The number of hydrogen-bond donors (Lipinski definition) is 3. The fourth-order valence-corrected chi connectivity index (χ4v) is 4.48. The number of carboxylic acid groups (broad SMARTS) is 1. The predicted octanol–water partition coefficient (Wildman–Crippen LogP) is 1.65. The van der Waals surface area contributed by atoms with Crippen molar-refractivity contribution in [1.82, 2.24) is 9.47 Å². The van der Waals surface area contributed by atoms with Crippen LogP contribution in [-0.4, -0.2) is 71.9 Å². The summed E-state index contributed by atoms with van der Waals surface area (Å²) in [6.07, 6.45) is 6.05. The second-order valence-corrected chi connectivity index (χ2v) is 11.3. The molecule has 3 aliphatic rings. The summed E-state index contributed by atoms with van der Waals surface area (Å²) >= 11 is 0. The molecule has 1 aliphatic heterocycles. The van der Waals surface area contributed by atoms with Crippen LogP contribution in [0.5, 0.6) is 0 Å². The zero-order chi connectivity index (χ0) is 25.6. The van der Waals surface area contributed by atoms with Gasteiger partial charge in [-0.1, -0.05) is 13.8 Å². The van der Waals surface area contributed by atoms with Gasteiger partial charge in [0.2, 0.25) is 0 Å². The highest BCUT2D eigenvalue weighted by molar-refractivity contribution is 7.85. The summed E-state index contributed by atoms with van der Waals surface area (Å²) in [5, 5.41) is 9.45. The molecule has 4 rings (SSSR count). The molecule has 10 nitrogen and oxygen atoms in total. The number of methoxy groups -OCH3 is 1. The number of piperidine rings is 1. The van der Waals surface area contributed by atoms with Crippen LogP contribution < -0.4 is 11.2 Å². The molecule has 0 aromatic carbocycles. The van der Waals surface area contributed by atoms with Crippen molar-refractivity contribution in [2.75, 3.05) is 26.5 Å². The van der Waals surface area contributed by atoms with Crippen molar-refractivity contribution in [3.05, 3.63) is 38.9 Å². The van der Waals surface area contributed by atoms with E-state index < -0.39 is 27.4 Å². The normalized spacial score (nSPS) is 26.1. The second-order valence-electron chi connectivity index (χ2n) is 9.86. The zero-order valence-electron chi connectivity index (χ0n) is 19.7. The van der Waals surface area contributed by atoms with Crippen LogP contribution >= 0.6 is 0 Å². The Morgan fingerprint density at radius 2 is 1.88 bits per heavy atom. The molecule has 2 unspecified atom stereocenters. The molecule has 1 saturated carbocycles. The van der Waals surface area contributed by atoms with Crippen LogP contribution in [0.25, 0.3) is 6.08 Å². The van der Waals surface area contributed by atoms with Crippen molar-refractivity contribution in [2.24, 2.45) is 11.1 Å². The average molecular weight is 502 g/mol. The van der Waals surface area contributed by atoms with Gasteiger partial charge in [0.05, 0.1) is 17.6 Å². The van der Waals surface area contributed by atoms with Crippen molar-refractivity contribution in [2.45, 2.75) is 57.5 Å². The van der Waals surface area contributed by atoms with Gasteiger partial charge in [-0.25, -0.2) is 9.18 Å². The van der Waals surface area contributed by atoms with Crippen molar-refractivity contribution >= 4 is 22.2 Å². The highest BCUT2D eigenvalue weighted by Gasteiger charge is 2.46. The third-order valence-corrected chi connectivity index (χ3v) is 6.58. The summed E-state index contributed by atoms with van der Waals surface area (Å²) in [7, 11) is -2.39. The number of halogens is 1. The van der Waals surface area contributed by atoms with Crippen molar-refractivity contribution in [3.63, 3.8) is 0 Å². The topological polar surface area (TPSA) is 152 Å². The van der Waals surface area contributed by atoms with Crippen molar-refractivity contribution in [1.29, 1.82) is 0 Å². The number of carbonyl (C=O) groups is 1. The molecule has 1 saturated heterocycles. The van der Waals surface area contributed by atoms with E-state index in [9.17, 15) is 23.1 Å². The van der Waals surface area contributed by atoms with Gasteiger partial charge in [0.15, 0.2) is 5.43 Å². The van der Waals surface area contributed by atoms with Crippen LogP contribution in [0, 0.1) is 5.41 Å². The van der Waals surface area contributed by atoms with E-state index in [1.807, 2.05) is 9.47 Å². The summed E-state index contributed by atoms with van der Waals surface area (Å²) in [5.41, 5.74) is 6.22. The smallest absolute Gasteiger partial charge is 0.341 e. The van der Waals surface area contributed by atoms with Crippen LogP contribution in [0.1, 0.15) is 60.8 Å². The number of hydrogen-bond acceptors (Lipinski definition) is 7. The third-order valence-electron chi connectivity index (χ3n) is 6.58. The first-order chi connectivity index (χ1) is 15.6. The Labute approximate surface area is 197 Å². The van der Waals surface area contributed by atoms with Crippen molar-refractivity contribution < 1.29 is 32.0 Å². The summed E-state index contributed by atoms with van der Waals surface area (Å²) in [6.45, 7) is 5.30. The lowest BCUT2D eigenvalue weighted by molar-refractivity contribution is -0.111. The molecule has 0 amide bonds. The van der Waals surface area contributed by atoms with E-state index in [4.69, 9.17) is 15.0 Å². The number of nitrogens with two attached hydrogens (primary N) is 1. The number of alkyl halides is 1. The van der Waals surface area contributed by atoms with E-state index in [0.717, 1.165) is 19.3 Å². The van der Waals surface area contributed by atoms with Crippen molar-refractivity contribution in [3.8, 4) is 0 Å². The first kappa shape index (κ1) is 26.3. The molecule has 0 bridgehead atoms. The maximum absolute atomic E-state index is 16.0. The lowest BCUT2D eigenvalue weighted by atomic mass is 9.78. The molecule has 2 fully saturated rings. The van der Waals surface area contributed by atoms with E-state index in [1.54, 1.807) is 6.08 Å². The number of nitrogens with zero attached hydrogens (tertiary/aromatic N) is 2. The zero-order valence-corrected chi connectivity index (χ0v) is 20.6. The van der Waals surface area contributed by atoms with Gasteiger partial charge < -0.3 is 25.0 Å². The monoisotopic (exact) mass is 501 g/mol. The predicted molar refractivity (Wildman–Crippen MR) is 124 cm³/mol. The Morgan fingerprint density at radius 1 is 1.29 bits per heavy atom. The lowest BCUT2D eigenvalue weighted by Crippen LogP contribution is -2.55. The molecular formula is C22H32FN3O7S. The summed E-state index contributed by atoms with van der Waals surface area (Å²) in [4.78, 5) is 26.3. The molecule has 2 aliphatic carbocycles. The summed E-state index contributed by atoms with van der Waals surface area (Å²) < 4.78 is 48.9. The standard InChI is InChI=1S/C21H28FN3O4.CH4O3S/c1-20(2)11-24(7-6-16(20)23)17-8-15-13(9-21(17,22)29-3)18(26)14(19(27)28)10-25(15)12-4-5-12;1-5(2,3)4/h8,10,12,16H,4-7,9,11,23H2,1-3H3,(H,27,28);1H3,(H,2,3,4). The van der Waals surface area contributed by atoms with Gasteiger partial charge in [-0.15, -0.1) is 0 Å². The average Bonchev–Trinajstić information content (AvgIpc) is 3.54. The lowest BCUT2D eigenvalue weighted by Gasteiger charge is -2.47. The van der Waals surface area contributed by atoms with E-state index in [2.05, 4.69) is 13.8 Å². The summed E-state index contributed by atoms with van der Waals surface area (Å²) in [6, 6.07) is 0.162. The molecule has 2 heterocycles. The number of aromatic carboxylic acids is 1. The van der Waals surface area contributed by atoms with Crippen LogP contribution in [0.4, 0.5) is 4.39 Å². The minimum atomic E-state index is -3.67. The van der Waals surface area contributed by atoms with Crippen LogP contribution in [-0.2, 0) is 21.3 Å². The van der Waals surface area contributed by atoms with Crippen LogP contribution in [0.2, 0.25) is 0 Å². The number of likely N-dealkylation sites (tertiary alicyclic amines) is 1. The van der Waals surface area contributed by atoms with E-state index >= 15 is 4.39 Å². The molecule has 0 radical (unpaired) electrons. The van der Waals surface area contributed by atoms with Gasteiger partial charge in [0.1, 0.15) is 5.56 Å². The molecule has 34 heavy (non-hydrogen) atoms. The molecule has 12 heteroatoms. The minimum Gasteiger partial charge on any atom is -0.477 e. The number of carboxylic acids is 1. The highest BCUT2D eigenvalue weighted by Crippen LogP contribution is 2.43. The molecule has 190 valence electrons. The Bertz CT molecular complexity index is 1170. The maximum atomic E-state index is 16.0. The Morgan fingerprint density at radius 3 is 2.35 bits per heavy atom. The Hall–Kier alpha value is -2.28. The first-order valence-corrected chi connectivity index (χ1v) is 12.8. The Balaban J connectivity index is 0.000000588. The van der Waals surface area contributed by atoms with E-state index in [1.165, 1.54) is 13.3 Å². The van der Waals surface area contributed by atoms with Gasteiger partial charge in [-0.05, 0) is 30.8 Å². The molecule has 0 spiro atoms. The highest BCUT2D eigenvalue weighted by atomic mass is 32.2. The second kappa shape index (κ2) is 9.06. The maximum Gasteiger partial charge on any atom is 0.341 e. The number of pyridine rings is 1. The van der Waals surface area contributed by atoms with Gasteiger partial charge in [-0.3, -0.25) is 9.35 Å². The molecule has 1 aromatic rings. The summed E-state index contributed by atoms with van der Waals surface area (Å²) in [5.74, 6) is -3.49. The molecular weight excluding hydrogens is 469 g/mol. The van der Waals surface area contributed by atoms with E-state index in [-0.39, 0.29) is 35.0 Å². The van der Waals surface area contributed by atoms with Crippen LogP contribution in [0.15, 0.2) is 16.7 Å². The first-order valence-electron chi connectivity index (χ1n) is 11.0. The van der Waals surface area contributed by atoms with Crippen LogP contribution in [0.3, 0.4) is 0 Å². The minimum absolute atomic E-state index is 0.0227. The Kier molecular flexibility index (Phi) is 7.02. The van der Waals surface area contributed by atoms with Gasteiger partial charge in [-0.2, -0.15) is 8.42 Å². The fraction of sp³-hybridized carbons (Fsp3) is 0.636. The number of ether oxygens (including phenoxy) is 1. The molecule has 2 atom stereocenters. The molecule has 1 aromatic heterocycles. The number of aromatic nitrogens is 1. The quantitative estimate of drug-likeness (QED) is 0.523. The van der Waals surface area contributed by atoms with Gasteiger partial charge >= 0.3 is 5.97 Å². The fourth-order valence-electron chi connectivity index (χ4n) is 4.48.